The van der Waals surface area contributed by atoms with E-state index in [-0.39, 0.29) is 11.8 Å². The average Bonchev–Trinajstić information content (AvgIpc) is 2.81. The molecule has 2 heterocycles. The van der Waals surface area contributed by atoms with E-state index in [4.69, 9.17) is 4.74 Å². The molecule has 5 nitrogen and oxygen atoms in total. The van der Waals surface area contributed by atoms with Crippen molar-refractivity contribution in [3.8, 4) is 11.5 Å². The second-order valence-corrected chi connectivity index (χ2v) is 6.68. The zero-order chi connectivity index (χ0) is 18.1. The van der Waals surface area contributed by atoms with Gasteiger partial charge in [-0.25, -0.2) is 0 Å². The Hall–Kier alpha value is -2.82. The molecule has 1 fully saturated rings. The summed E-state index contributed by atoms with van der Waals surface area (Å²) in [6.45, 7) is 4.03. The highest BCUT2D eigenvalue weighted by atomic mass is 16.5. The lowest BCUT2D eigenvalue weighted by atomic mass is 10.1. The van der Waals surface area contributed by atoms with Gasteiger partial charge in [-0.2, -0.15) is 0 Å². The lowest BCUT2D eigenvalue weighted by Crippen LogP contribution is -2.36. The largest absolute Gasteiger partial charge is 0.454 e. The first-order valence-electron chi connectivity index (χ1n) is 9.21. The van der Waals surface area contributed by atoms with Crippen LogP contribution < -0.4 is 9.64 Å². The van der Waals surface area contributed by atoms with Gasteiger partial charge in [0.2, 0.25) is 0 Å². The average molecular weight is 350 g/mol. The van der Waals surface area contributed by atoms with Crippen LogP contribution in [0.15, 0.2) is 42.5 Å². The number of anilines is 1. The van der Waals surface area contributed by atoms with Crippen molar-refractivity contribution in [3.63, 3.8) is 0 Å². The minimum atomic E-state index is -0.107. The number of para-hydroxylation sites is 1. The maximum atomic E-state index is 13.0. The van der Waals surface area contributed by atoms with Gasteiger partial charge >= 0.3 is 0 Å². The van der Waals surface area contributed by atoms with Crippen LogP contribution in [0.1, 0.15) is 46.9 Å². The molecule has 2 aromatic carbocycles. The number of hydrogen-bond donors (Lipinski definition) is 0. The van der Waals surface area contributed by atoms with Crippen LogP contribution in [0.2, 0.25) is 0 Å². The summed E-state index contributed by atoms with van der Waals surface area (Å²) < 4.78 is 6.00. The molecular formula is C21H22N2O3. The van der Waals surface area contributed by atoms with E-state index in [0.717, 1.165) is 25.9 Å². The van der Waals surface area contributed by atoms with Gasteiger partial charge in [0, 0.05) is 25.2 Å². The van der Waals surface area contributed by atoms with E-state index in [1.807, 2.05) is 24.0 Å². The summed E-state index contributed by atoms with van der Waals surface area (Å²) in [5.74, 6) is 1.06. The Morgan fingerprint density at radius 1 is 1.04 bits per heavy atom. The normalized spacial score (nSPS) is 16.4. The van der Waals surface area contributed by atoms with Gasteiger partial charge in [0.1, 0.15) is 5.75 Å². The van der Waals surface area contributed by atoms with Crippen LogP contribution in [0.4, 0.5) is 5.69 Å². The number of carbonyl (C=O) groups excluding carboxylic acids is 2. The van der Waals surface area contributed by atoms with E-state index in [2.05, 4.69) is 0 Å². The van der Waals surface area contributed by atoms with Crippen molar-refractivity contribution in [2.45, 2.75) is 26.2 Å². The third kappa shape index (κ3) is 2.83. The van der Waals surface area contributed by atoms with E-state index in [1.54, 1.807) is 35.2 Å². The molecular weight excluding hydrogens is 328 g/mol. The number of nitrogens with zero attached hydrogens (tertiary/aromatic N) is 2. The summed E-state index contributed by atoms with van der Waals surface area (Å²) in [6.07, 6.45) is 3.28. The molecule has 0 atom stereocenters. The Morgan fingerprint density at radius 2 is 1.81 bits per heavy atom. The van der Waals surface area contributed by atoms with Crippen molar-refractivity contribution >= 4 is 17.5 Å². The topological polar surface area (TPSA) is 49.9 Å². The molecule has 0 bridgehead atoms. The number of hydrogen-bond acceptors (Lipinski definition) is 3. The first-order chi connectivity index (χ1) is 12.7. The predicted molar refractivity (Wildman–Crippen MR) is 100 cm³/mol. The summed E-state index contributed by atoms with van der Waals surface area (Å²) in [7, 11) is 0. The number of fused-ring (bicyclic) bond motifs is 2. The summed E-state index contributed by atoms with van der Waals surface area (Å²) >= 11 is 0. The standard InChI is InChI=1S/C21H22N2O3/c1-2-23-17-14-15(20(24)22-12-6-3-7-13-22)10-11-19(17)26-18-9-5-4-8-16(18)21(23)25/h4-5,8-11,14H,2-3,6-7,12-13H2,1H3. The maximum absolute atomic E-state index is 13.0. The van der Waals surface area contributed by atoms with Crippen molar-refractivity contribution in [2.75, 3.05) is 24.5 Å². The molecule has 4 rings (SSSR count). The monoisotopic (exact) mass is 350 g/mol. The fourth-order valence-electron chi connectivity index (χ4n) is 3.65. The summed E-state index contributed by atoms with van der Waals surface area (Å²) in [6, 6.07) is 12.6. The highest BCUT2D eigenvalue weighted by molar-refractivity contribution is 6.10. The van der Waals surface area contributed by atoms with Crippen molar-refractivity contribution in [1.82, 2.24) is 4.90 Å². The van der Waals surface area contributed by atoms with Gasteiger partial charge in [0.15, 0.2) is 5.75 Å². The molecule has 2 aliphatic rings. The van der Waals surface area contributed by atoms with E-state index >= 15 is 0 Å². The van der Waals surface area contributed by atoms with Crippen molar-refractivity contribution in [1.29, 1.82) is 0 Å². The molecule has 5 heteroatoms. The Balaban J connectivity index is 1.74. The molecule has 0 N–H and O–H groups in total. The summed E-state index contributed by atoms with van der Waals surface area (Å²) in [4.78, 5) is 29.4. The van der Waals surface area contributed by atoms with Crippen molar-refractivity contribution in [2.24, 2.45) is 0 Å². The minimum Gasteiger partial charge on any atom is -0.454 e. The van der Waals surface area contributed by atoms with Gasteiger partial charge in [-0.15, -0.1) is 0 Å². The maximum Gasteiger partial charge on any atom is 0.262 e. The molecule has 0 aliphatic carbocycles. The molecule has 0 unspecified atom stereocenters. The third-order valence-corrected chi connectivity index (χ3v) is 5.04. The van der Waals surface area contributed by atoms with Crippen LogP contribution in [0.25, 0.3) is 0 Å². The Morgan fingerprint density at radius 3 is 2.58 bits per heavy atom. The fraction of sp³-hybridized carbons (Fsp3) is 0.333. The number of piperidine rings is 1. The van der Waals surface area contributed by atoms with Crippen LogP contribution in [0, 0.1) is 0 Å². The molecule has 2 aliphatic heterocycles. The lowest BCUT2D eigenvalue weighted by Gasteiger charge is -2.27. The molecule has 0 aromatic heterocycles. The second kappa shape index (κ2) is 6.83. The van der Waals surface area contributed by atoms with Crippen molar-refractivity contribution < 1.29 is 14.3 Å². The molecule has 26 heavy (non-hydrogen) atoms. The van der Waals surface area contributed by atoms with Gasteiger partial charge in [0.25, 0.3) is 11.8 Å². The molecule has 2 aromatic rings. The van der Waals surface area contributed by atoms with Gasteiger partial charge in [-0.3, -0.25) is 9.59 Å². The van der Waals surface area contributed by atoms with E-state index in [1.165, 1.54) is 6.42 Å². The van der Waals surface area contributed by atoms with Gasteiger partial charge in [-0.1, -0.05) is 12.1 Å². The fourth-order valence-corrected chi connectivity index (χ4v) is 3.65. The highest BCUT2D eigenvalue weighted by Gasteiger charge is 2.28. The summed E-state index contributed by atoms with van der Waals surface area (Å²) in [5.41, 5.74) is 1.79. The molecule has 2 amide bonds. The number of ether oxygens (including phenoxy) is 1. The molecule has 1 saturated heterocycles. The molecule has 0 saturated carbocycles. The van der Waals surface area contributed by atoms with Crippen LogP contribution in [0.3, 0.4) is 0 Å². The highest BCUT2D eigenvalue weighted by Crippen LogP contribution is 2.39. The van der Waals surface area contributed by atoms with E-state index in [0.29, 0.717) is 34.9 Å². The Kier molecular flexibility index (Phi) is 4.37. The van der Waals surface area contributed by atoms with E-state index in [9.17, 15) is 9.59 Å². The minimum absolute atomic E-state index is 0.0257. The summed E-state index contributed by atoms with van der Waals surface area (Å²) in [5, 5.41) is 0. The zero-order valence-electron chi connectivity index (χ0n) is 14.9. The quantitative estimate of drug-likeness (QED) is 0.820. The van der Waals surface area contributed by atoms with E-state index < -0.39 is 0 Å². The smallest absolute Gasteiger partial charge is 0.262 e. The van der Waals surface area contributed by atoms with Crippen LogP contribution in [-0.4, -0.2) is 36.3 Å². The van der Waals surface area contributed by atoms with Crippen molar-refractivity contribution in [3.05, 3.63) is 53.6 Å². The number of amides is 2. The van der Waals surface area contributed by atoms with Crippen LogP contribution >= 0.6 is 0 Å². The van der Waals surface area contributed by atoms with Gasteiger partial charge in [0.05, 0.1) is 11.3 Å². The first-order valence-corrected chi connectivity index (χ1v) is 9.21. The second-order valence-electron chi connectivity index (χ2n) is 6.68. The molecule has 0 spiro atoms. The predicted octanol–water partition coefficient (Wildman–Crippen LogP) is 4.09. The van der Waals surface area contributed by atoms with Gasteiger partial charge in [-0.05, 0) is 56.5 Å². The van der Waals surface area contributed by atoms with Crippen LogP contribution in [0.5, 0.6) is 11.5 Å². The molecule has 0 radical (unpaired) electrons. The number of benzene rings is 2. The Labute approximate surface area is 153 Å². The lowest BCUT2D eigenvalue weighted by molar-refractivity contribution is 0.0724. The molecule has 134 valence electrons. The number of rotatable bonds is 2. The number of carbonyl (C=O) groups is 2. The zero-order valence-corrected chi connectivity index (χ0v) is 14.9. The third-order valence-electron chi connectivity index (χ3n) is 5.04. The van der Waals surface area contributed by atoms with Crippen LogP contribution in [-0.2, 0) is 0 Å². The SMILES string of the molecule is CCN1C(=O)c2ccccc2Oc2ccc(C(=O)N3CCCCC3)cc21. The Bertz CT molecular complexity index is 856. The number of likely N-dealkylation sites (tertiary alicyclic amines) is 1. The first kappa shape index (κ1) is 16.6. The van der Waals surface area contributed by atoms with Gasteiger partial charge < -0.3 is 14.5 Å².